The zero-order chi connectivity index (χ0) is 22.5. The fourth-order valence-corrected chi connectivity index (χ4v) is 4.25. The Balaban J connectivity index is 1.57. The molecule has 2 aromatic carbocycles. The summed E-state index contributed by atoms with van der Waals surface area (Å²) in [5, 5.41) is 5.82. The molecule has 4 rings (SSSR count). The van der Waals surface area contributed by atoms with Gasteiger partial charge in [0.1, 0.15) is 5.75 Å². The maximum Gasteiger partial charge on any atom is 0.173 e. The van der Waals surface area contributed by atoms with E-state index in [1.165, 1.54) is 10.9 Å². The number of benzene rings is 2. The average Bonchev–Trinajstić information content (AvgIpc) is 3.11. The molecule has 2 N–H and O–H groups in total. The van der Waals surface area contributed by atoms with Gasteiger partial charge in [0.25, 0.3) is 0 Å². The number of hydrogen-bond donors (Lipinski definition) is 2. The van der Waals surface area contributed by atoms with Gasteiger partial charge in [0.15, 0.2) is 5.11 Å². The molecule has 5 nitrogen and oxygen atoms in total. The monoisotopic (exact) mass is 464 g/mol. The van der Waals surface area contributed by atoms with Crippen molar-refractivity contribution in [2.24, 2.45) is 0 Å². The zero-order valence-electron chi connectivity index (χ0n) is 18.1. The number of aryl methyl sites for hydroxylation is 1. The first-order valence-electron chi connectivity index (χ1n) is 10.4. The van der Waals surface area contributed by atoms with Crippen LogP contribution in [0.3, 0.4) is 0 Å². The fourth-order valence-electron chi connectivity index (χ4n) is 3.79. The van der Waals surface area contributed by atoms with Crippen molar-refractivity contribution in [1.82, 2.24) is 14.9 Å². The lowest BCUT2D eigenvalue weighted by atomic mass is 10.1. The van der Waals surface area contributed by atoms with Crippen LogP contribution < -0.4 is 10.1 Å². The second kappa shape index (κ2) is 10.0. The largest absolute Gasteiger partial charge is 0.497 e. The van der Waals surface area contributed by atoms with E-state index < -0.39 is 0 Å². The standard InChI is InChI=1S/C25H25ClN4OS/c1-17-22(23-14-21(31-2)8-9-24(23)28-17)10-12-30(16-18-5-4-11-27-15-18)25(32)29-20-7-3-6-19(26)13-20/h3-9,11,13-15,28H,10,12,16H2,1-2H3,(H,29,32). The molecular formula is C25H25ClN4OS. The molecule has 0 saturated carbocycles. The van der Waals surface area contributed by atoms with Crippen LogP contribution in [0.2, 0.25) is 5.02 Å². The van der Waals surface area contributed by atoms with Crippen molar-refractivity contribution in [2.75, 3.05) is 19.0 Å². The van der Waals surface area contributed by atoms with E-state index in [1.54, 1.807) is 13.3 Å². The maximum absolute atomic E-state index is 6.15. The SMILES string of the molecule is COc1ccc2[nH]c(C)c(CCN(Cc3cccnc3)C(=S)Nc3cccc(Cl)c3)c2c1. The maximum atomic E-state index is 6.15. The fraction of sp³-hybridized carbons (Fsp3) is 0.200. The lowest BCUT2D eigenvalue weighted by molar-refractivity contribution is 0.415. The van der Waals surface area contributed by atoms with Crippen molar-refractivity contribution in [3.05, 3.63) is 88.8 Å². The second-order valence-corrected chi connectivity index (χ2v) is 8.44. The van der Waals surface area contributed by atoms with Gasteiger partial charge in [-0.2, -0.15) is 0 Å². The highest BCUT2D eigenvalue weighted by Crippen LogP contribution is 2.27. The Hall–Kier alpha value is -3.09. The molecule has 0 radical (unpaired) electrons. The van der Waals surface area contributed by atoms with Gasteiger partial charge in [0.2, 0.25) is 0 Å². The smallest absolute Gasteiger partial charge is 0.173 e. The quantitative estimate of drug-likeness (QED) is 0.330. The minimum atomic E-state index is 0.645. The van der Waals surface area contributed by atoms with Gasteiger partial charge in [0.05, 0.1) is 7.11 Å². The lowest BCUT2D eigenvalue weighted by Gasteiger charge is -2.26. The van der Waals surface area contributed by atoms with Crippen molar-refractivity contribution in [3.8, 4) is 5.75 Å². The number of nitrogens with zero attached hydrogens (tertiary/aromatic N) is 2. The number of aromatic nitrogens is 2. The minimum absolute atomic E-state index is 0.645. The number of pyridine rings is 1. The second-order valence-electron chi connectivity index (χ2n) is 7.61. The summed E-state index contributed by atoms with van der Waals surface area (Å²) in [4.78, 5) is 9.89. The van der Waals surface area contributed by atoms with E-state index in [0.29, 0.717) is 16.7 Å². The van der Waals surface area contributed by atoms with Crippen LogP contribution >= 0.6 is 23.8 Å². The number of hydrogen-bond acceptors (Lipinski definition) is 3. The molecule has 0 amide bonds. The Morgan fingerprint density at radius 3 is 2.81 bits per heavy atom. The first kappa shape index (κ1) is 22.1. The molecule has 2 heterocycles. The van der Waals surface area contributed by atoms with E-state index >= 15 is 0 Å². The topological polar surface area (TPSA) is 53.2 Å². The molecule has 4 aromatic rings. The molecule has 0 saturated heterocycles. The van der Waals surface area contributed by atoms with Gasteiger partial charge < -0.3 is 19.9 Å². The molecule has 0 aliphatic carbocycles. The summed E-state index contributed by atoms with van der Waals surface area (Å²) in [5.41, 5.74) is 5.49. The number of H-pyrrole nitrogens is 1. The number of fused-ring (bicyclic) bond motifs is 1. The highest BCUT2D eigenvalue weighted by molar-refractivity contribution is 7.80. The molecule has 164 valence electrons. The van der Waals surface area contributed by atoms with Gasteiger partial charge in [-0.15, -0.1) is 0 Å². The summed E-state index contributed by atoms with van der Waals surface area (Å²) in [7, 11) is 1.69. The van der Waals surface area contributed by atoms with Crippen LogP contribution in [0.25, 0.3) is 10.9 Å². The number of methoxy groups -OCH3 is 1. The van der Waals surface area contributed by atoms with Crippen LogP contribution in [0, 0.1) is 6.92 Å². The number of halogens is 1. The number of thiocarbonyl (C=S) groups is 1. The van der Waals surface area contributed by atoms with Crippen molar-refractivity contribution in [1.29, 1.82) is 0 Å². The zero-order valence-corrected chi connectivity index (χ0v) is 19.6. The van der Waals surface area contributed by atoms with Crippen molar-refractivity contribution in [3.63, 3.8) is 0 Å². The number of rotatable bonds is 7. The van der Waals surface area contributed by atoms with Gasteiger partial charge in [-0.05, 0) is 79.2 Å². The van der Waals surface area contributed by atoms with Crippen molar-refractivity contribution < 1.29 is 4.74 Å². The number of ether oxygens (including phenoxy) is 1. The lowest BCUT2D eigenvalue weighted by Crippen LogP contribution is -2.36. The van der Waals surface area contributed by atoms with E-state index in [-0.39, 0.29) is 0 Å². The van der Waals surface area contributed by atoms with Crippen LogP contribution in [0.15, 0.2) is 67.0 Å². The first-order valence-corrected chi connectivity index (χ1v) is 11.2. The summed E-state index contributed by atoms with van der Waals surface area (Å²) >= 11 is 11.9. The Kier molecular flexibility index (Phi) is 6.93. The molecule has 0 unspecified atom stereocenters. The van der Waals surface area contributed by atoms with Crippen LogP contribution in [0.4, 0.5) is 5.69 Å². The van der Waals surface area contributed by atoms with Gasteiger partial charge in [-0.1, -0.05) is 23.7 Å². The molecular weight excluding hydrogens is 440 g/mol. The summed E-state index contributed by atoms with van der Waals surface area (Å²) in [5.74, 6) is 0.850. The summed E-state index contributed by atoms with van der Waals surface area (Å²) < 4.78 is 5.43. The highest BCUT2D eigenvalue weighted by Gasteiger charge is 2.15. The third-order valence-corrected chi connectivity index (χ3v) is 6.01. The Labute approximate surface area is 198 Å². The Morgan fingerprint density at radius 1 is 1.19 bits per heavy atom. The van der Waals surface area contributed by atoms with Gasteiger partial charge in [-0.3, -0.25) is 4.98 Å². The van der Waals surface area contributed by atoms with Crippen molar-refractivity contribution in [2.45, 2.75) is 19.9 Å². The van der Waals surface area contributed by atoms with E-state index in [2.05, 4.69) is 45.3 Å². The normalized spacial score (nSPS) is 10.8. The molecule has 2 aromatic heterocycles. The summed E-state index contributed by atoms with van der Waals surface area (Å²) in [6.07, 6.45) is 4.48. The molecule has 7 heteroatoms. The Morgan fingerprint density at radius 2 is 2.06 bits per heavy atom. The van der Waals surface area contributed by atoms with E-state index in [0.717, 1.165) is 41.2 Å². The van der Waals surface area contributed by atoms with Crippen LogP contribution in [0.1, 0.15) is 16.8 Å². The first-order chi connectivity index (χ1) is 15.5. The molecule has 0 bridgehead atoms. The highest BCUT2D eigenvalue weighted by atomic mass is 35.5. The predicted octanol–water partition coefficient (Wildman–Crippen LogP) is 5.98. The predicted molar refractivity (Wildman–Crippen MR) is 136 cm³/mol. The Bertz CT molecular complexity index is 1230. The van der Waals surface area contributed by atoms with E-state index in [1.807, 2.05) is 42.6 Å². The molecule has 0 aliphatic rings. The van der Waals surface area contributed by atoms with Gasteiger partial charge in [-0.25, -0.2) is 0 Å². The van der Waals surface area contributed by atoms with Crippen molar-refractivity contribution >= 4 is 45.5 Å². The van der Waals surface area contributed by atoms with Crippen LogP contribution in [-0.2, 0) is 13.0 Å². The third kappa shape index (κ3) is 5.21. The molecule has 0 spiro atoms. The van der Waals surface area contributed by atoms with Crippen LogP contribution in [-0.4, -0.2) is 33.6 Å². The third-order valence-electron chi connectivity index (χ3n) is 5.42. The molecule has 0 aliphatic heterocycles. The summed E-state index contributed by atoms with van der Waals surface area (Å²) in [6, 6.07) is 17.7. The number of anilines is 1. The van der Waals surface area contributed by atoms with Gasteiger partial charge in [0, 0.05) is 52.8 Å². The minimum Gasteiger partial charge on any atom is -0.497 e. The number of aromatic amines is 1. The van der Waals surface area contributed by atoms with E-state index in [9.17, 15) is 0 Å². The van der Waals surface area contributed by atoms with Crippen LogP contribution in [0.5, 0.6) is 5.75 Å². The summed E-state index contributed by atoms with van der Waals surface area (Å²) in [6.45, 7) is 3.51. The van der Waals surface area contributed by atoms with Gasteiger partial charge >= 0.3 is 0 Å². The molecule has 0 atom stereocenters. The molecule has 0 fully saturated rings. The number of nitrogens with one attached hydrogen (secondary N) is 2. The average molecular weight is 465 g/mol. The van der Waals surface area contributed by atoms with E-state index in [4.69, 9.17) is 28.6 Å². The molecule has 32 heavy (non-hydrogen) atoms.